The van der Waals surface area contributed by atoms with Gasteiger partial charge in [0, 0.05) is 12.1 Å². The van der Waals surface area contributed by atoms with Crippen molar-refractivity contribution in [2.75, 3.05) is 0 Å². The summed E-state index contributed by atoms with van der Waals surface area (Å²) >= 11 is 0. The van der Waals surface area contributed by atoms with Crippen molar-refractivity contribution in [3.63, 3.8) is 0 Å². The molecular formula is C9H13N5. The Kier molecular flexibility index (Phi) is 3.63. The van der Waals surface area contributed by atoms with Crippen molar-refractivity contribution >= 4 is 12.2 Å². The third-order valence-corrected chi connectivity index (χ3v) is 1.72. The average molecular weight is 191 g/mol. The maximum Gasteiger partial charge on any atom is 0.153 e. The number of amidine groups is 1. The van der Waals surface area contributed by atoms with Crippen LogP contribution >= 0.6 is 0 Å². The first-order valence-electron chi connectivity index (χ1n) is 4.14. The highest BCUT2D eigenvalue weighted by Crippen LogP contribution is 2.03. The van der Waals surface area contributed by atoms with E-state index in [-0.39, 0.29) is 0 Å². The summed E-state index contributed by atoms with van der Waals surface area (Å²) in [5.41, 5.74) is 18.0. The minimum atomic E-state index is 0.329. The Morgan fingerprint density at radius 1 is 1.29 bits per heavy atom. The van der Waals surface area contributed by atoms with Crippen LogP contribution in [-0.4, -0.2) is 12.2 Å². The average Bonchev–Trinajstić information content (AvgIpc) is 2.26. The van der Waals surface area contributed by atoms with Crippen molar-refractivity contribution in [3.05, 3.63) is 35.4 Å². The van der Waals surface area contributed by atoms with Gasteiger partial charge in [0.15, 0.2) is 5.84 Å². The summed E-state index contributed by atoms with van der Waals surface area (Å²) in [5.74, 6) is 0.329. The summed E-state index contributed by atoms with van der Waals surface area (Å²) in [6.45, 7) is 0.512. The molecule has 0 aliphatic rings. The van der Waals surface area contributed by atoms with E-state index in [4.69, 9.17) is 17.2 Å². The van der Waals surface area contributed by atoms with Crippen LogP contribution in [-0.2, 0) is 6.54 Å². The molecule has 0 fully saturated rings. The number of benzene rings is 1. The van der Waals surface area contributed by atoms with Crippen LogP contribution in [0, 0.1) is 0 Å². The van der Waals surface area contributed by atoms with Crippen LogP contribution in [0.3, 0.4) is 0 Å². The predicted octanol–water partition coefficient (Wildman–Crippen LogP) is -0.247. The molecule has 0 bridgehead atoms. The Bertz CT molecular complexity index is 339. The zero-order valence-corrected chi connectivity index (χ0v) is 7.72. The van der Waals surface area contributed by atoms with Gasteiger partial charge in [-0.25, -0.2) is 0 Å². The molecule has 0 saturated heterocycles. The Balaban J connectivity index is 2.86. The second kappa shape index (κ2) is 4.98. The molecule has 74 valence electrons. The molecule has 0 unspecified atom stereocenters. The zero-order chi connectivity index (χ0) is 10.4. The molecule has 6 N–H and O–H groups in total. The highest BCUT2D eigenvalue weighted by molar-refractivity contribution is 5.97. The fourth-order valence-electron chi connectivity index (χ4n) is 0.965. The van der Waals surface area contributed by atoms with Crippen molar-refractivity contribution in [1.82, 2.24) is 0 Å². The molecule has 0 saturated carbocycles. The minimum Gasteiger partial charge on any atom is -0.388 e. The molecule has 5 heteroatoms. The maximum absolute atomic E-state index is 5.62. The summed E-state index contributed by atoms with van der Waals surface area (Å²) in [5, 5.41) is 7.16. The zero-order valence-electron chi connectivity index (χ0n) is 7.72. The lowest BCUT2D eigenvalue weighted by Gasteiger charge is -2.00. The molecule has 0 amide bonds. The van der Waals surface area contributed by atoms with Gasteiger partial charge in [-0.05, 0) is 5.56 Å². The van der Waals surface area contributed by atoms with Crippen molar-refractivity contribution in [1.29, 1.82) is 0 Å². The molecule has 0 heterocycles. The van der Waals surface area contributed by atoms with E-state index in [0.29, 0.717) is 12.4 Å². The molecular weight excluding hydrogens is 178 g/mol. The van der Waals surface area contributed by atoms with E-state index in [1.807, 2.05) is 24.3 Å². The van der Waals surface area contributed by atoms with E-state index in [1.54, 1.807) is 0 Å². The lowest BCUT2D eigenvalue weighted by Crippen LogP contribution is -2.13. The molecule has 0 aliphatic heterocycles. The minimum absolute atomic E-state index is 0.329. The van der Waals surface area contributed by atoms with Crippen LogP contribution in [0.1, 0.15) is 11.1 Å². The van der Waals surface area contributed by atoms with Crippen molar-refractivity contribution in [3.8, 4) is 0 Å². The van der Waals surface area contributed by atoms with Gasteiger partial charge in [0.2, 0.25) is 0 Å². The molecule has 1 rings (SSSR count). The van der Waals surface area contributed by atoms with Crippen LogP contribution < -0.4 is 17.2 Å². The van der Waals surface area contributed by atoms with E-state index in [9.17, 15) is 0 Å². The van der Waals surface area contributed by atoms with Crippen LogP contribution in [0.5, 0.6) is 0 Å². The van der Waals surface area contributed by atoms with E-state index < -0.39 is 0 Å². The van der Waals surface area contributed by atoms with Crippen molar-refractivity contribution in [2.24, 2.45) is 27.4 Å². The largest absolute Gasteiger partial charge is 0.388 e. The summed E-state index contributed by atoms with van der Waals surface area (Å²) in [7, 11) is 0. The summed E-state index contributed by atoms with van der Waals surface area (Å²) in [6.07, 6.45) is 1.08. The quantitative estimate of drug-likeness (QED) is 0.349. The topological polar surface area (TPSA) is 103 Å². The van der Waals surface area contributed by atoms with Crippen molar-refractivity contribution in [2.45, 2.75) is 6.54 Å². The second-order valence-corrected chi connectivity index (χ2v) is 2.65. The number of nitrogens with two attached hydrogens (primary N) is 3. The van der Waals surface area contributed by atoms with Gasteiger partial charge in [-0.2, -0.15) is 0 Å². The smallest absolute Gasteiger partial charge is 0.153 e. The van der Waals surface area contributed by atoms with E-state index >= 15 is 0 Å². The van der Waals surface area contributed by atoms with Gasteiger partial charge in [0.05, 0.1) is 0 Å². The van der Waals surface area contributed by atoms with Gasteiger partial charge in [-0.1, -0.05) is 24.3 Å². The third kappa shape index (κ3) is 2.56. The molecule has 0 radical (unpaired) electrons. The molecule has 1 aromatic rings. The van der Waals surface area contributed by atoms with Gasteiger partial charge in [0.1, 0.15) is 6.34 Å². The van der Waals surface area contributed by atoms with Crippen LogP contribution in [0.25, 0.3) is 0 Å². The molecule has 14 heavy (non-hydrogen) atoms. The SMILES string of the molecule is N/C=N\N=C(/N)c1ccc(CN)cc1. The van der Waals surface area contributed by atoms with E-state index in [2.05, 4.69) is 10.2 Å². The molecule has 0 aliphatic carbocycles. The second-order valence-electron chi connectivity index (χ2n) is 2.65. The fraction of sp³-hybridized carbons (Fsp3) is 0.111. The number of rotatable bonds is 3. The molecule has 0 atom stereocenters. The van der Waals surface area contributed by atoms with Crippen LogP contribution in [0.2, 0.25) is 0 Å². The third-order valence-electron chi connectivity index (χ3n) is 1.72. The summed E-state index contributed by atoms with van der Waals surface area (Å²) < 4.78 is 0. The predicted molar refractivity (Wildman–Crippen MR) is 57.7 cm³/mol. The molecule has 0 spiro atoms. The molecule has 5 nitrogen and oxygen atoms in total. The lowest BCUT2D eigenvalue weighted by molar-refractivity contribution is 1.07. The molecule has 1 aromatic carbocycles. The van der Waals surface area contributed by atoms with E-state index in [1.165, 1.54) is 0 Å². The highest BCUT2D eigenvalue weighted by Gasteiger charge is 1.97. The van der Waals surface area contributed by atoms with Gasteiger partial charge in [-0.3, -0.25) is 0 Å². The van der Waals surface area contributed by atoms with Gasteiger partial charge in [-0.15, -0.1) is 10.2 Å². The Morgan fingerprint density at radius 3 is 2.43 bits per heavy atom. The Morgan fingerprint density at radius 2 is 1.93 bits per heavy atom. The standard InChI is InChI=1S/C9H13N5/c10-5-7-1-3-8(4-2-7)9(12)14-13-6-11/h1-4,6H,5,10H2,(H2,11,13)(H2,12,14). The van der Waals surface area contributed by atoms with Crippen LogP contribution in [0.15, 0.2) is 34.5 Å². The number of hydrogen-bond donors (Lipinski definition) is 3. The number of hydrogen-bond acceptors (Lipinski definition) is 3. The summed E-state index contributed by atoms with van der Waals surface area (Å²) in [4.78, 5) is 0. The normalized spacial score (nSPS) is 12.2. The monoisotopic (exact) mass is 191 g/mol. The first kappa shape index (κ1) is 10.2. The Hall–Kier alpha value is -1.88. The maximum atomic E-state index is 5.62. The van der Waals surface area contributed by atoms with Crippen LogP contribution in [0.4, 0.5) is 0 Å². The van der Waals surface area contributed by atoms with Gasteiger partial charge in [0.25, 0.3) is 0 Å². The fourth-order valence-corrected chi connectivity index (χ4v) is 0.965. The van der Waals surface area contributed by atoms with Crippen molar-refractivity contribution < 1.29 is 0 Å². The first-order chi connectivity index (χ1) is 6.77. The Labute approximate surface area is 82.3 Å². The molecule has 0 aromatic heterocycles. The first-order valence-corrected chi connectivity index (χ1v) is 4.14. The number of nitrogens with zero attached hydrogens (tertiary/aromatic N) is 2. The van der Waals surface area contributed by atoms with E-state index in [0.717, 1.165) is 17.5 Å². The lowest BCUT2D eigenvalue weighted by atomic mass is 10.1. The highest BCUT2D eigenvalue weighted by atomic mass is 15.2. The summed E-state index contributed by atoms with van der Waals surface area (Å²) in [6, 6.07) is 7.47. The van der Waals surface area contributed by atoms with Gasteiger partial charge >= 0.3 is 0 Å². The van der Waals surface area contributed by atoms with Gasteiger partial charge < -0.3 is 17.2 Å².